The normalized spacial score (nSPS) is 11.5. The van der Waals surface area contributed by atoms with Crippen LogP contribution in [0.5, 0.6) is 0 Å². The largest absolute Gasteiger partial charge is 0.281 e. The Balaban J connectivity index is 3.74. The van der Waals surface area contributed by atoms with Gasteiger partial charge in [0.15, 0.2) is 0 Å². The minimum absolute atomic E-state index is 0.121. The van der Waals surface area contributed by atoms with Gasteiger partial charge in [0, 0.05) is 16.4 Å². The Morgan fingerprint density at radius 1 is 1.56 bits per heavy atom. The lowest BCUT2D eigenvalue weighted by Gasteiger charge is -2.07. The third-order valence-electron chi connectivity index (χ3n) is 1.70. The molecule has 0 bridgehead atoms. The summed E-state index contributed by atoms with van der Waals surface area (Å²) in [7, 11) is 0.561. The summed E-state index contributed by atoms with van der Waals surface area (Å²) >= 11 is 0. The number of nitriles is 1. The van der Waals surface area contributed by atoms with Crippen LogP contribution in [0.1, 0.15) is 23.4 Å². The van der Waals surface area contributed by atoms with Crippen molar-refractivity contribution in [2.45, 2.75) is 18.2 Å². The van der Waals surface area contributed by atoms with Crippen molar-refractivity contribution in [3.63, 3.8) is 0 Å². The second-order valence-corrected chi connectivity index (χ2v) is 5.38. The summed E-state index contributed by atoms with van der Waals surface area (Å²) < 4.78 is 47.3. The molecule has 0 N–H and O–H groups in total. The number of alkyl halides is 2. The van der Waals surface area contributed by atoms with Crippen LogP contribution in [0.15, 0.2) is 11.0 Å². The van der Waals surface area contributed by atoms with E-state index in [0.717, 1.165) is 6.07 Å². The topological polar surface area (TPSA) is 70.8 Å². The summed E-state index contributed by atoms with van der Waals surface area (Å²) in [5.74, 6) is 0. The number of rotatable bonds is 2. The third kappa shape index (κ3) is 2.46. The molecule has 86 valence electrons. The van der Waals surface area contributed by atoms with Crippen molar-refractivity contribution >= 4 is 19.7 Å². The third-order valence-corrected chi connectivity index (χ3v) is 3.08. The fourth-order valence-electron chi connectivity index (χ4n) is 1.17. The zero-order valence-electron chi connectivity index (χ0n) is 7.91. The van der Waals surface area contributed by atoms with E-state index in [9.17, 15) is 17.2 Å². The number of halogens is 3. The first-order valence-corrected chi connectivity index (χ1v) is 6.22. The Bertz CT molecular complexity index is 566. The molecule has 0 aliphatic carbocycles. The molecule has 8 heteroatoms. The van der Waals surface area contributed by atoms with Gasteiger partial charge in [0.1, 0.15) is 16.7 Å². The van der Waals surface area contributed by atoms with Crippen LogP contribution in [0.4, 0.5) is 8.78 Å². The lowest BCUT2D eigenvalue weighted by Crippen LogP contribution is -2.06. The molecule has 0 atom stereocenters. The highest BCUT2D eigenvalue weighted by molar-refractivity contribution is 8.13. The number of hydrogen-bond donors (Lipinski definition) is 0. The van der Waals surface area contributed by atoms with Crippen molar-refractivity contribution < 1.29 is 17.2 Å². The van der Waals surface area contributed by atoms with Gasteiger partial charge < -0.3 is 0 Å². The van der Waals surface area contributed by atoms with Crippen molar-refractivity contribution in [2.24, 2.45) is 0 Å². The minimum Gasteiger partial charge on any atom is -0.251 e. The maximum atomic E-state index is 12.6. The number of pyridine rings is 1. The van der Waals surface area contributed by atoms with E-state index in [4.69, 9.17) is 15.9 Å². The number of nitrogens with zero attached hydrogens (tertiary/aromatic N) is 2. The van der Waals surface area contributed by atoms with Crippen LogP contribution in [0.2, 0.25) is 0 Å². The van der Waals surface area contributed by atoms with Gasteiger partial charge in [-0.05, 0) is 13.0 Å². The molecule has 0 aliphatic rings. The maximum absolute atomic E-state index is 12.6. The van der Waals surface area contributed by atoms with Gasteiger partial charge in [-0.1, -0.05) is 0 Å². The lowest BCUT2D eigenvalue weighted by atomic mass is 10.2. The highest BCUT2D eigenvalue weighted by Gasteiger charge is 2.27. The van der Waals surface area contributed by atoms with E-state index in [0.29, 0.717) is 0 Å². The van der Waals surface area contributed by atoms with E-state index in [2.05, 4.69) is 4.98 Å². The molecule has 1 heterocycles. The van der Waals surface area contributed by atoms with Crippen molar-refractivity contribution in [1.82, 2.24) is 4.98 Å². The molecular weight excluding hydrogens is 262 g/mol. The van der Waals surface area contributed by atoms with Gasteiger partial charge in [-0.3, -0.25) is 4.98 Å². The van der Waals surface area contributed by atoms with Gasteiger partial charge in [0.05, 0.1) is 5.56 Å². The van der Waals surface area contributed by atoms with E-state index in [-0.39, 0.29) is 5.69 Å². The highest BCUT2D eigenvalue weighted by atomic mass is 35.7. The molecule has 1 aromatic rings. The van der Waals surface area contributed by atoms with E-state index in [1.54, 1.807) is 0 Å². The maximum Gasteiger partial charge on any atom is 0.281 e. The molecule has 4 nitrogen and oxygen atoms in total. The molecule has 0 radical (unpaired) electrons. The molecule has 0 aromatic carbocycles. The molecule has 0 unspecified atom stereocenters. The van der Waals surface area contributed by atoms with Crippen LogP contribution in [-0.2, 0) is 9.05 Å². The molecular formula is C8H5ClF2N2O2S. The van der Waals surface area contributed by atoms with Gasteiger partial charge in [-0.2, -0.15) is 5.26 Å². The van der Waals surface area contributed by atoms with Gasteiger partial charge in [0.2, 0.25) is 0 Å². The molecule has 0 saturated heterocycles. The zero-order valence-corrected chi connectivity index (χ0v) is 9.48. The van der Waals surface area contributed by atoms with Crippen LogP contribution in [0.25, 0.3) is 0 Å². The van der Waals surface area contributed by atoms with Crippen LogP contribution in [0, 0.1) is 18.3 Å². The Labute approximate surface area is 94.9 Å². The first-order chi connectivity index (χ1) is 7.27. The molecule has 0 amide bonds. The van der Waals surface area contributed by atoms with E-state index < -0.39 is 31.6 Å². The highest BCUT2D eigenvalue weighted by Crippen LogP contribution is 2.30. The second kappa shape index (κ2) is 4.31. The zero-order chi connectivity index (χ0) is 12.5. The van der Waals surface area contributed by atoms with Crippen molar-refractivity contribution in [3.05, 3.63) is 23.0 Å². The first kappa shape index (κ1) is 12.8. The van der Waals surface area contributed by atoms with Crippen molar-refractivity contribution in [2.75, 3.05) is 0 Å². The molecule has 0 aliphatic heterocycles. The van der Waals surface area contributed by atoms with Gasteiger partial charge in [0.25, 0.3) is 15.5 Å². The van der Waals surface area contributed by atoms with E-state index in [1.807, 2.05) is 0 Å². The Hall–Kier alpha value is -1.26. The van der Waals surface area contributed by atoms with Crippen LogP contribution < -0.4 is 0 Å². The standard InChI is InChI=1S/C8H5ClF2N2O2S/c1-4-2-5(3-12)7(16(9,14)15)6(13-4)8(10)11/h2,8H,1H3. The monoisotopic (exact) mass is 266 g/mol. The predicted octanol–water partition coefficient (Wildman–Crippen LogP) is 2.13. The summed E-state index contributed by atoms with van der Waals surface area (Å²) in [5, 5.41) is 8.67. The smallest absolute Gasteiger partial charge is 0.251 e. The van der Waals surface area contributed by atoms with Crippen LogP contribution >= 0.6 is 10.7 Å². The number of aryl methyl sites for hydroxylation is 1. The van der Waals surface area contributed by atoms with Gasteiger partial charge >= 0.3 is 0 Å². The number of aromatic nitrogens is 1. The van der Waals surface area contributed by atoms with Gasteiger partial charge in [-0.15, -0.1) is 0 Å². The molecule has 0 fully saturated rings. The summed E-state index contributed by atoms with van der Waals surface area (Å²) in [6.45, 7) is 1.37. The molecule has 16 heavy (non-hydrogen) atoms. The Morgan fingerprint density at radius 3 is 2.50 bits per heavy atom. The first-order valence-electron chi connectivity index (χ1n) is 3.92. The van der Waals surface area contributed by atoms with Crippen LogP contribution in [0.3, 0.4) is 0 Å². The Kier molecular flexibility index (Phi) is 3.45. The molecule has 1 aromatic heterocycles. The van der Waals surface area contributed by atoms with Crippen LogP contribution in [-0.4, -0.2) is 13.4 Å². The molecule has 0 spiro atoms. The van der Waals surface area contributed by atoms with E-state index >= 15 is 0 Å². The average Bonchev–Trinajstić information content (AvgIpc) is 2.14. The minimum atomic E-state index is -4.43. The van der Waals surface area contributed by atoms with Gasteiger partial charge in [-0.25, -0.2) is 17.2 Å². The van der Waals surface area contributed by atoms with Crippen molar-refractivity contribution in [3.8, 4) is 6.07 Å². The summed E-state index contributed by atoms with van der Waals surface area (Å²) in [6, 6.07) is 2.59. The summed E-state index contributed by atoms with van der Waals surface area (Å²) in [6.07, 6.45) is -3.12. The average molecular weight is 267 g/mol. The molecule has 0 saturated carbocycles. The fourth-order valence-corrected chi connectivity index (χ4v) is 2.41. The SMILES string of the molecule is Cc1cc(C#N)c(S(=O)(=O)Cl)c(C(F)F)n1. The molecule has 1 rings (SSSR count). The van der Waals surface area contributed by atoms with Crippen molar-refractivity contribution in [1.29, 1.82) is 5.26 Å². The van der Waals surface area contributed by atoms with E-state index in [1.165, 1.54) is 13.0 Å². The fraction of sp³-hybridized carbons (Fsp3) is 0.250. The summed E-state index contributed by atoms with van der Waals surface area (Å²) in [4.78, 5) is 2.46. The predicted molar refractivity (Wildman–Crippen MR) is 51.7 cm³/mol. The quantitative estimate of drug-likeness (QED) is 0.769. The second-order valence-electron chi connectivity index (χ2n) is 2.88. The summed E-state index contributed by atoms with van der Waals surface area (Å²) in [5.41, 5.74) is -1.31. The Morgan fingerprint density at radius 2 is 2.12 bits per heavy atom. The number of hydrogen-bond acceptors (Lipinski definition) is 4. The lowest BCUT2D eigenvalue weighted by molar-refractivity contribution is 0.142.